The number of nitrogens with one attached hydrogen (secondary N) is 1. The molecule has 3 atom stereocenters. The van der Waals surface area contributed by atoms with Crippen molar-refractivity contribution in [1.29, 1.82) is 0 Å². The second-order valence-corrected chi connectivity index (χ2v) is 4.14. The summed E-state index contributed by atoms with van der Waals surface area (Å²) in [6.07, 6.45) is 3.66. The Morgan fingerprint density at radius 1 is 1.20 bits per heavy atom. The minimum Gasteiger partial charge on any atom is -0.385 e. The number of hydrogen-bond acceptors (Lipinski definition) is 3. The van der Waals surface area contributed by atoms with E-state index in [0.29, 0.717) is 18.1 Å². The second-order valence-electron chi connectivity index (χ2n) is 4.14. The molecule has 0 heterocycles. The zero-order valence-corrected chi connectivity index (χ0v) is 10.9. The van der Waals surface area contributed by atoms with Crippen LogP contribution in [0.1, 0.15) is 33.1 Å². The average Bonchev–Trinajstić information content (AvgIpc) is 2.26. The maximum absolute atomic E-state index is 5.54. The molecular weight excluding hydrogens is 190 g/mol. The summed E-state index contributed by atoms with van der Waals surface area (Å²) in [5.41, 5.74) is 0. The highest BCUT2D eigenvalue weighted by atomic mass is 16.5. The lowest BCUT2D eigenvalue weighted by Crippen LogP contribution is -2.44. The summed E-state index contributed by atoms with van der Waals surface area (Å²) in [5, 5.41) is 3.37. The fourth-order valence-electron chi connectivity index (χ4n) is 2.05. The Morgan fingerprint density at radius 3 is 2.27 bits per heavy atom. The molecule has 0 aromatic carbocycles. The lowest BCUT2D eigenvalue weighted by atomic mass is 9.92. The van der Waals surface area contributed by atoms with Gasteiger partial charge in [0.15, 0.2) is 0 Å². The Balaban J connectivity index is 4.15. The van der Waals surface area contributed by atoms with E-state index >= 15 is 0 Å². The fraction of sp³-hybridized carbons (Fsp3) is 1.00. The number of ether oxygens (including phenoxy) is 2. The van der Waals surface area contributed by atoms with Crippen LogP contribution in [0, 0.1) is 5.92 Å². The number of rotatable bonds is 9. The minimum atomic E-state index is 0.312. The van der Waals surface area contributed by atoms with Gasteiger partial charge in [-0.2, -0.15) is 0 Å². The van der Waals surface area contributed by atoms with E-state index in [9.17, 15) is 0 Å². The van der Waals surface area contributed by atoms with E-state index in [2.05, 4.69) is 19.2 Å². The van der Waals surface area contributed by atoms with Gasteiger partial charge in [0, 0.05) is 26.9 Å². The van der Waals surface area contributed by atoms with Crippen molar-refractivity contribution >= 4 is 0 Å². The Bertz CT molecular complexity index is 142. The fourth-order valence-corrected chi connectivity index (χ4v) is 2.05. The minimum absolute atomic E-state index is 0.312. The Labute approximate surface area is 94.5 Å². The molecule has 15 heavy (non-hydrogen) atoms. The summed E-state index contributed by atoms with van der Waals surface area (Å²) >= 11 is 0. The number of methoxy groups -OCH3 is 2. The van der Waals surface area contributed by atoms with Crippen molar-refractivity contribution in [3.05, 3.63) is 0 Å². The standard InChI is InChI=1S/C12H27NO2/c1-6-7-11(15-5)12(13-3)10(2)8-9-14-4/h10-13H,6-9H2,1-5H3. The highest BCUT2D eigenvalue weighted by Crippen LogP contribution is 2.17. The van der Waals surface area contributed by atoms with E-state index in [1.807, 2.05) is 7.05 Å². The molecule has 0 spiro atoms. The molecule has 0 aromatic heterocycles. The van der Waals surface area contributed by atoms with Gasteiger partial charge in [-0.3, -0.25) is 0 Å². The Kier molecular flexibility index (Phi) is 9.06. The molecule has 0 aliphatic heterocycles. The molecule has 0 saturated heterocycles. The molecule has 3 unspecified atom stereocenters. The molecule has 0 amide bonds. The zero-order chi connectivity index (χ0) is 11.7. The van der Waals surface area contributed by atoms with E-state index in [4.69, 9.17) is 9.47 Å². The predicted octanol–water partition coefficient (Wildman–Crippen LogP) is 2.06. The molecule has 0 aromatic rings. The smallest absolute Gasteiger partial charge is 0.0726 e. The van der Waals surface area contributed by atoms with Gasteiger partial charge in [0.2, 0.25) is 0 Å². The van der Waals surface area contributed by atoms with Gasteiger partial charge >= 0.3 is 0 Å². The lowest BCUT2D eigenvalue weighted by molar-refractivity contribution is 0.0396. The monoisotopic (exact) mass is 217 g/mol. The molecule has 92 valence electrons. The van der Waals surface area contributed by atoms with Crippen LogP contribution < -0.4 is 5.32 Å². The molecule has 0 saturated carbocycles. The first-order chi connectivity index (χ1) is 7.21. The second kappa shape index (κ2) is 9.13. The third-order valence-corrected chi connectivity index (χ3v) is 3.00. The van der Waals surface area contributed by atoms with Crippen molar-refractivity contribution in [3.63, 3.8) is 0 Å². The molecule has 0 aliphatic carbocycles. The van der Waals surface area contributed by atoms with Crippen LogP contribution >= 0.6 is 0 Å². The summed E-state index contributed by atoms with van der Waals surface area (Å²) in [5.74, 6) is 0.575. The third-order valence-electron chi connectivity index (χ3n) is 3.00. The summed E-state index contributed by atoms with van der Waals surface area (Å²) in [6, 6.07) is 0.421. The van der Waals surface area contributed by atoms with E-state index in [1.54, 1.807) is 14.2 Å². The van der Waals surface area contributed by atoms with Gasteiger partial charge < -0.3 is 14.8 Å². The quantitative estimate of drug-likeness (QED) is 0.641. The van der Waals surface area contributed by atoms with Gasteiger partial charge in [-0.25, -0.2) is 0 Å². The molecular formula is C12H27NO2. The molecule has 0 bridgehead atoms. The summed E-state index contributed by atoms with van der Waals surface area (Å²) in [4.78, 5) is 0. The number of hydrogen-bond donors (Lipinski definition) is 1. The van der Waals surface area contributed by atoms with E-state index in [1.165, 1.54) is 0 Å². The Hall–Kier alpha value is -0.120. The maximum Gasteiger partial charge on any atom is 0.0726 e. The third kappa shape index (κ3) is 5.50. The van der Waals surface area contributed by atoms with Gasteiger partial charge in [0.25, 0.3) is 0 Å². The van der Waals surface area contributed by atoms with E-state index in [0.717, 1.165) is 25.9 Å². The van der Waals surface area contributed by atoms with Crippen molar-refractivity contribution in [3.8, 4) is 0 Å². The SMILES string of the molecule is CCCC(OC)C(NC)C(C)CCOC. The van der Waals surface area contributed by atoms with Crippen LogP contribution in [0.3, 0.4) is 0 Å². The van der Waals surface area contributed by atoms with Gasteiger partial charge in [-0.1, -0.05) is 20.3 Å². The van der Waals surface area contributed by atoms with Crippen molar-refractivity contribution < 1.29 is 9.47 Å². The van der Waals surface area contributed by atoms with Gasteiger partial charge in [0.05, 0.1) is 6.10 Å². The van der Waals surface area contributed by atoms with Crippen molar-refractivity contribution in [2.45, 2.75) is 45.3 Å². The van der Waals surface area contributed by atoms with Gasteiger partial charge in [0.1, 0.15) is 0 Å². The first-order valence-electron chi connectivity index (χ1n) is 5.90. The molecule has 0 rings (SSSR count). The maximum atomic E-state index is 5.54. The first kappa shape index (κ1) is 14.9. The largest absolute Gasteiger partial charge is 0.385 e. The molecule has 1 N–H and O–H groups in total. The Morgan fingerprint density at radius 2 is 1.87 bits per heavy atom. The van der Waals surface area contributed by atoms with Gasteiger partial charge in [-0.05, 0) is 25.8 Å². The molecule has 3 nitrogen and oxygen atoms in total. The molecule has 0 aliphatic rings. The van der Waals surface area contributed by atoms with Crippen molar-refractivity contribution in [1.82, 2.24) is 5.32 Å². The van der Waals surface area contributed by atoms with Crippen molar-refractivity contribution in [2.24, 2.45) is 5.92 Å². The molecule has 0 radical (unpaired) electrons. The van der Waals surface area contributed by atoms with Crippen LogP contribution in [0.25, 0.3) is 0 Å². The highest BCUT2D eigenvalue weighted by molar-refractivity contribution is 4.80. The number of likely N-dealkylation sites (N-methyl/N-ethyl adjacent to an activating group) is 1. The summed E-state index contributed by atoms with van der Waals surface area (Å²) < 4.78 is 10.7. The van der Waals surface area contributed by atoms with Crippen LogP contribution in [-0.4, -0.2) is 40.0 Å². The normalized spacial score (nSPS) is 17.4. The summed E-state index contributed by atoms with van der Waals surface area (Å²) in [7, 11) is 5.56. The molecule has 0 fully saturated rings. The van der Waals surface area contributed by atoms with Gasteiger partial charge in [-0.15, -0.1) is 0 Å². The van der Waals surface area contributed by atoms with Crippen molar-refractivity contribution in [2.75, 3.05) is 27.9 Å². The first-order valence-corrected chi connectivity index (χ1v) is 5.90. The van der Waals surface area contributed by atoms with Crippen LogP contribution in [0.15, 0.2) is 0 Å². The average molecular weight is 217 g/mol. The van der Waals surface area contributed by atoms with Crippen LogP contribution in [-0.2, 0) is 9.47 Å². The van der Waals surface area contributed by atoms with Crippen LogP contribution in [0.5, 0.6) is 0 Å². The topological polar surface area (TPSA) is 30.5 Å². The van der Waals surface area contributed by atoms with Crippen LogP contribution in [0.4, 0.5) is 0 Å². The van der Waals surface area contributed by atoms with E-state index < -0.39 is 0 Å². The summed E-state index contributed by atoms with van der Waals surface area (Å²) in [6.45, 7) is 5.27. The molecule has 3 heteroatoms. The van der Waals surface area contributed by atoms with E-state index in [-0.39, 0.29) is 0 Å². The predicted molar refractivity (Wildman–Crippen MR) is 64.2 cm³/mol. The zero-order valence-electron chi connectivity index (χ0n) is 10.9. The van der Waals surface area contributed by atoms with Crippen LogP contribution in [0.2, 0.25) is 0 Å². The lowest BCUT2D eigenvalue weighted by Gasteiger charge is -2.30. The highest BCUT2D eigenvalue weighted by Gasteiger charge is 2.24.